The molecule has 1 aliphatic carbocycles. The molecule has 0 aliphatic heterocycles. The largest absolute Gasteiger partial charge is 0.493 e. The van der Waals surface area contributed by atoms with Crippen molar-refractivity contribution in [3.05, 3.63) is 29.8 Å². The van der Waals surface area contributed by atoms with E-state index in [2.05, 4.69) is 5.32 Å². The van der Waals surface area contributed by atoms with Crippen LogP contribution in [0.1, 0.15) is 57.4 Å². The molecule has 4 heteroatoms. The Balaban J connectivity index is 1.78. The maximum atomic E-state index is 10.3. The molecule has 0 radical (unpaired) electrons. The Hall–Kier alpha value is -1.52. The van der Waals surface area contributed by atoms with Crippen molar-refractivity contribution in [2.24, 2.45) is 0 Å². The lowest BCUT2D eigenvalue weighted by atomic mass is 9.96. The lowest BCUT2D eigenvalue weighted by Crippen LogP contribution is -2.92. The lowest BCUT2D eigenvalue weighted by molar-refractivity contribution is -0.696. The van der Waals surface area contributed by atoms with E-state index in [0.717, 1.165) is 5.56 Å². The molecule has 0 amide bonds. The summed E-state index contributed by atoms with van der Waals surface area (Å²) in [5, 5.41) is 12.6. The van der Waals surface area contributed by atoms with Gasteiger partial charge in [-0.15, -0.1) is 0 Å². The molecule has 1 atom stereocenters. The number of aliphatic hydroxyl groups excluding tert-OH is 1. The fraction of sp³-hybridized carbons (Fsp3) is 0.619. The van der Waals surface area contributed by atoms with Gasteiger partial charge in [-0.2, -0.15) is 0 Å². The second kappa shape index (κ2) is 11.2. The van der Waals surface area contributed by atoms with Gasteiger partial charge in [0, 0.05) is 0 Å². The van der Waals surface area contributed by atoms with Gasteiger partial charge in [0.1, 0.15) is 19.3 Å². The van der Waals surface area contributed by atoms with Crippen molar-refractivity contribution in [1.29, 1.82) is 0 Å². The van der Waals surface area contributed by atoms with E-state index in [1.165, 1.54) is 44.9 Å². The Morgan fingerprint density at radius 2 is 1.88 bits per heavy atom. The van der Waals surface area contributed by atoms with E-state index in [-0.39, 0.29) is 0 Å². The Kier molecular flexibility index (Phi) is 8.84. The molecule has 2 rings (SSSR count). The molecule has 1 aliphatic rings. The zero-order valence-corrected chi connectivity index (χ0v) is 15.7. The number of aliphatic hydroxyl groups is 1. The number of rotatable bonds is 8. The summed E-state index contributed by atoms with van der Waals surface area (Å²) >= 11 is 0. The van der Waals surface area contributed by atoms with Gasteiger partial charge in [0.2, 0.25) is 0 Å². The number of methoxy groups -OCH3 is 1. The number of hydrogen-bond donors (Lipinski definition) is 2. The molecule has 1 saturated carbocycles. The minimum Gasteiger partial charge on any atom is -0.493 e. The van der Waals surface area contributed by atoms with Crippen LogP contribution in [0.25, 0.3) is 6.08 Å². The van der Waals surface area contributed by atoms with Crippen molar-refractivity contribution in [3.63, 3.8) is 0 Å². The number of allylic oxidation sites excluding steroid dienone is 1. The number of hydrogen-bond acceptors (Lipinski definition) is 3. The van der Waals surface area contributed by atoms with E-state index in [4.69, 9.17) is 9.47 Å². The van der Waals surface area contributed by atoms with Crippen LogP contribution in [0.3, 0.4) is 0 Å². The zero-order valence-electron chi connectivity index (χ0n) is 15.7. The fourth-order valence-electron chi connectivity index (χ4n) is 3.43. The van der Waals surface area contributed by atoms with Crippen molar-refractivity contribution < 1.29 is 19.9 Å². The highest BCUT2D eigenvalue weighted by molar-refractivity contribution is 5.55. The normalized spacial score (nSPS) is 17.9. The van der Waals surface area contributed by atoms with E-state index >= 15 is 0 Å². The van der Waals surface area contributed by atoms with Crippen LogP contribution in [-0.4, -0.2) is 37.5 Å². The predicted octanol–water partition coefficient (Wildman–Crippen LogP) is 3.14. The Morgan fingerprint density at radius 1 is 1.16 bits per heavy atom. The van der Waals surface area contributed by atoms with E-state index < -0.39 is 6.10 Å². The first-order valence-electron chi connectivity index (χ1n) is 9.68. The second-order valence-electron chi connectivity index (χ2n) is 6.95. The summed E-state index contributed by atoms with van der Waals surface area (Å²) in [6, 6.07) is 6.50. The van der Waals surface area contributed by atoms with Crippen LogP contribution in [0, 0.1) is 0 Å². The summed E-state index contributed by atoms with van der Waals surface area (Å²) in [4.78, 5) is 0. The Morgan fingerprint density at radius 3 is 2.56 bits per heavy atom. The molecule has 3 N–H and O–H groups in total. The van der Waals surface area contributed by atoms with Gasteiger partial charge in [0.15, 0.2) is 11.5 Å². The summed E-state index contributed by atoms with van der Waals surface area (Å²) in [5.74, 6) is 1.38. The number of nitrogens with two attached hydrogens (primary N) is 1. The summed E-state index contributed by atoms with van der Waals surface area (Å²) < 4.78 is 11.2. The van der Waals surface area contributed by atoms with Crippen molar-refractivity contribution in [3.8, 4) is 11.5 Å². The maximum Gasteiger partial charge on any atom is 0.161 e. The molecule has 1 aromatic rings. The van der Waals surface area contributed by atoms with Gasteiger partial charge in [-0.3, -0.25) is 0 Å². The average Bonchev–Trinajstić information content (AvgIpc) is 2.59. The Bertz CT molecular complexity index is 522. The molecule has 0 aromatic heterocycles. The van der Waals surface area contributed by atoms with Crippen LogP contribution in [-0.2, 0) is 0 Å². The topological polar surface area (TPSA) is 55.3 Å². The SMILES string of the molecule is C/C=C/c1ccc(OC[C@H](O)C[NH2+]C2CCCCCCC2)c(OC)c1. The third-order valence-electron chi connectivity index (χ3n) is 4.87. The highest BCUT2D eigenvalue weighted by atomic mass is 16.5. The maximum absolute atomic E-state index is 10.3. The molecule has 4 nitrogen and oxygen atoms in total. The minimum atomic E-state index is -0.467. The van der Waals surface area contributed by atoms with Gasteiger partial charge in [-0.05, 0) is 50.3 Å². The molecule has 0 unspecified atom stereocenters. The predicted molar refractivity (Wildman–Crippen MR) is 102 cm³/mol. The average molecular weight is 349 g/mol. The van der Waals surface area contributed by atoms with E-state index in [1.54, 1.807) is 7.11 Å². The van der Waals surface area contributed by atoms with E-state index in [1.807, 2.05) is 37.3 Å². The smallest absolute Gasteiger partial charge is 0.161 e. The summed E-state index contributed by atoms with van der Waals surface area (Å²) in [6.07, 6.45) is 12.8. The summed E-state index contributed by atoms with van der Waals surface area (Å²) in [6.45, 7) is 2.98. The second-order valence-corrected chi connectivity index (χ2v) is 6.95. The molecular formula is C21H34NO3+. The molecule has 25 heavy (non-hydrogen) atoms. The summed E-state index contributed by atoms with van der Waals surface area (Å²) in [7, 11) is 1.64. The number of quaternary nitrogens is 1. The van der Waals surface area contributed by atoms with Crippen LogP contribution in [0.2, 0.25) is 0 Å². The van der Waals surface area contributed by atoms with Crippen molar-refractivity contribution in [2.75, 3.05) is 20.3 Å². The third kappa shape index (κ3) is 7.09. The monoisotopic (exact) mass is 348 g/mol. The first-order chi connectivity index (χ1) is 12.2. The standard InChI is InChI=1S/C21H33NO3/c1-3-9-17-12-13-20(21(14-17)24-2)25-16-19(23)15-22-18-10-7-5-4-6-8-11-18/h3,9,12-14,18-19,22-23H,4-8,10-11,15-16H2,1-2H3/p+1/b9-3+/t19-/m1/s1. The quantitative estimate of drug-likeness (QED) is 0.759. The highest BCUT2D eigenvalue weighted by Gasteiger charge is 2.17. The molecule has 0 bridgehead atoms. The third-order valence-corrected chi connectivity index (χ3v) is 4.87. The van der Waals surface area contributed by atoms with Crippen LogP contribution in [0.5, 0.6) is 11.5 Å². The molecule has 1 fully saturated rings. The van der Waals surface area contributed by atoms with Crippen molar-refractivity contribution in [1.82, 2.24) is 0 Å². The van der Waals surface area contributed by atoms with Gasteiger partial charge in [-0.25, -0.2) is 0 Å². The zero-order chi connectivity index (χ0) is 17.9. The van der Waals surface area contributed by atoms with Crippen LogP contribution in [0.4, 0.5) is 0 Å². The highest BCUT2D eigenvalue weighted by Crippen LogP contribution is 2.28. The first-order valence-corrected chi connectivity index (χ1v) is 9.68. The van der Waals surface area contributed by atoms with Gasteiger partial charge in [0.05, 0.1) is 13.2 Å². The lowest BCUT2D eigenvalue weighted by Gasteiger charge is -2.20. The number of benzene rings is 1. The van der Waals surface area contributed by atoms with E-state index in [0.29, 0.717) is 30.7 Å². The van der Waals surface area contributed by atoms with Gasteiger partial charge >= 0.3 is 0 Å². The molecule has 1 aromatic carbocycles. The number of ether oxygens (including phenoxy) is 2. The van der Waals surface area contributed by atoms with Gasteiger partial charge < -0.3 is 19.9 Å². The van der Waals surface area contributed by atoms with E-state index in [9.17, 15) is 5.11 Å². The Labute approximate surface area is 152 Å². The van der Waals surface area contributed by atoms with Gasteiger partial charge in [-0.1, -0.05) is 37.5 Å². The molecular weight excluding hydrogens is 314 g/mol. The van der Waals surface area contributed by atoms with Gasteiger partial charge in [0.25, 0.3) is 0 Å². The van der Waals surface area contributed by atoms with Crippen LogP contribution in [0.15, 0.2) is 24.3 Å². The van der Waals surface area contributed by atoms with Crippen molar-refractivity contribution in [2.45, 2.75) is 64.0 Å². The first kappa shape index (κ1) is 19.8. The molecule has 0 spiro atoms. The summed E-state index contributed by atoms with van der Waals surface area (Å²) in [5.41, 5.74) is 1.07. The molecule has 0 saturated heterocycles. The van der Waals surface area contributed by atoms with Crippen LogP contribution >= 0.6 is 0 Å². The molecule has 140 valence electrons. The van der Waals surface area contributed by atoms with Crippen molar-refractivity contribution >= 4 is 6.08 Å². The molecule has 0 heterocycles. The minimum absolute atomic E-state index is 0.294. The van der Waals surface area contributed by atoms with Crippen LogP contribution < -0.4 is 14.8 Å². The fourth-order valence-corrected chi connectivity index (χ4v) is 3.43.